The number of hydrogen-bond donors (Lipinski definition) is 0. The van der Waals surface area contributed by atoms with Crippen molar-refractivity contribution < 1.29 is 19.1 Å². The van der Waals surface area contributed by atoms with Crippen LogP contribution in [0.5, 0.6) is 0 Å². The minimum absolute atomic E-state index is 0.926. The molecule has 0 unspecified atom stereocenters. The Labute approximate surface area is 450 Å². The molecule has 1 heterocycles. The van der Waals surface area contributed by atoms with Crippen LogP contribution in [0.3, 0.4) is 0 Å². The third kappa shape index (κ3) is 32.2. The fourth-order valence-corrected chi connectivity index (χ4v) is 11.9. The summed E-state index contributed by atoms with van der Waals surface area (Å²) in [4.78, 5) is 0. The standard InChI is InChI=1S/C34H48N2.2C17H35.Ni/c1-5-9-12-15-24-32-31(8-4)33(29-22-16-20-27(25-29)18-13-10-6-2)36(35)34(32)30-23-17-21-28(26-30)19-14-11-7-3;2*1-3-5-7-9-11-13-15-17-16-14-12-10-8-6-4-2;/h16-17,20-23,25-26H,5-15,18-19,24H2,1-4H3;2*1,3-17H2,2H3;. The van der Waals surface area contributed by atoms with E-state index in [4.69, 9.17) is 0 Å². The molecular weight excluding hydrogens is 903 g/mol. The van der Waals surface area contributed by atoms with Crippen LogP contribution in [0.4, 0.5) is 0 Å². The number of unbranched alkanes of at least 4 members (excludes halogenated alkanes) is 35. The summed E-state index contributed by atoms with van der Waals surface area (Å²) in [6.07, 6.45) is 60.8. The van der Waals surface area contributed by atoms with E-state index >= 15 is 0 Å². The molecule has 0 aliphatic carbocycles. The van der Waals surface area contributed by atoms with Gasteiger partial charge in [0.25, 0.3) is 0 Å². The second-order valence-corrected chi connectivity index (χ2v) is 23.3. The summed E-state index contributed by atoms with van der Waals surface area (Å²) < 4.78 is 1.53. The summed E-state index contributed by atoms with van der Waals surface area (Å²) in [7, 11) is 0. The minimum Gasteiger partial charge on any atom is -0.0654 e. The molecule has 3 heteroatoms. The summed E-state index contributed by atoms with van der Waals surface area (Å²) in [6.45, 7) is 13.6. The zero-order chi connectivity index (χ0) is 51.1. The van der Waals surface area contributed by atoms with Gasteiger partial charge in [-0.25, -0.2) is 4.70 Å². The molecule has 2 aromatic rings. The van der Waals surface area contributed by atoms with Crippen LogP contribution in [-0.2, 0) is 27.3 Å². The van der Waals surface area contributed by atoms with Crippen LogP contribution in [-0.4, -0.2) is 4.70 Å². The number of aryl methyl sites for hydroxylation is 2. The Bertz CT molecular complexity index is 1570. The molecule has 0 amide bonds. The minimum atomic E-state index is 0.926. The fraction of sp³-hybridized carbons (Fsp3) is 0.765. The Balaban J connectivity index is 0.000000487. The van der Waals surface area contributed by atoms with Crippen LogP contribution in [0, 0.1) is 0 Å². The Morgan fingerprint density at radius 2 is 0.606 bits per heavy atom. The molecule has 0 aromatic heterocycles. The third-order valence-electron chi connectivity index (χ3n) is 15.2. The van der Waals surface area contributed by atoms with Crippen LogP contribution in [0.1, 0.15) is 333 Å². The van der Waals surface area contributed by atoms with Crippen LogP contribution in [0.2, 0.25) is 10.8 Å². The quantitative estimate of drug-likeness (QED) is 0.0359. The molecule has 0 spiro atoms. The average molecular weight is 1020 g/mol. The van der Waals surface area contributed by atoms with E-state index in [0.717, 1.165) is 48.2 Å². The van der Waals surface area contributed by atoms with E-state index in [0.29, 0.717) is 0 Å². The van der Waals surface area contributed by atoms with Crippen molar-refractivity contribution in [2.45, 2.75) is 335 Å². The van der Waals surface area contributed by atoms with Crippen molar-refractivity contribution >= 4 is 11.4 Å². The average Bonchev–Trinajstić information content (AvgIpc) is 3.67. The van der Waals surface area contributed by atoms with E-state index in [2.05, 4.69) is 90.1 Å². The third-order valence-corrected chi connectivity index (χ3v) is 16.6. The first-order valence-corrected chi connectivity index (χ1v) is 33.0. The van der Waals surface area contributed by atoms with E-state index in [9.17, 15) is 5.53 Å². The predicted octanol–water partition coefficient (Wildman–Crippen LogP) is 24.4. The molecule has 0 fully saturated rings. The van der Waals surface area contributed by atoms with E-state index in [-0.39, 0.29) is 0 Å². The summed E-state index contributed by atoms with van der Waals surface area (Å²) in [5.74, 6) is 0. The topological polar surface area (TPSA) is 25.3 Å². The molecular formula is C68H118N2Ni. The molecule has 0 radical (unpaired) electrons. The molecule has 0 saturated carbocycles. The van der Waals surface area contributed by atoms with Gasteiger partial charge in [0, 0.05) is 22.3 Å². The zero-order valence-electron chi connectivity index (χ0n) is 48.4. The number of nitrogens with zero attached hydrogens (tertiary/aromatic N) is 2. The van der Waals surface area contributed by atoms with Crippen LogP contribution in [0.15, 0.2) is 59.7 Å². The van der Waals surface area contributed by atoms with E-state index in [1.165, 1.54) is 295 Å². The number of benzene rings is 2. The van der Waals surface area contributed by atoms with Crippen LogP contribution in [0.25, 0.3) is 16.9 Å². The van der Waals surface area contributed by atoms with E-state index < -0.39 is 0 Å². The van der Waals surface area contributed by atoms with Gasteiger partial charge in [-0.05, 0) is 80.3 Å². The predicted molar refractivity (Wildman–Crippen MR) is 315 cm³/mol. The van der Waals surface area contributed by atoms with Crippen molar-refractivity contribution in [2.75, 3.05) is 0 Å². The van der Waals surface area contributed by atoms with E-state index in [1.807, 2.05) is 14.4 Å². The van der Waals surface area contributed by atoms with Gasteiger partial charge in [0.05, 0.1) is 0 Å². The van der Waals surface area contributed by atoms with Crippen LogP contribution >= 0.6 is 0 Å². The molecule has 0 bridgehead atoms. The van der Waals surface area contributed by atoms with Crippen LogP contribution < -0.4 is 0 Å². The van der Waals surface area contributed by atoms with Gasteiger partial charge in [-0.1, -0.05) is 162 Å². The Hall–Kier alpha value is -1.99. The van der Waals surface area contributed by atoms with Crippen molar-refractivity contribution in [3.05, 3.63) is 87.5 Å². The van der Waals surface area contributed by atoms with E-state index in [1.54, 1.807) is 0 Å². The first kappa shape index (κ1) is 65.1. The fourth-order valence-electron chi connectivity index (χ4n) is 10.7. The van der Waals surface area contributed by atoms with Crippen molar-refractivity contribution in [3.8, 4) is 0 Å². The molecule has 2 nitrogen and oxygen atoms in total. The van der Waals surface area contributed by atoms with Gasteiger partial charge in [0.15, 0.2) is 0 Å². The SMILES string of the molecule is CCCCCCC1=C(c2cccc(CCCCC)c2)[N+](=[N-])C(c2cccc(CCCCC)c2)=C1CC.CCCCCCCCCCCCCCCC[CH2][Ni][CH2]CCCCCCCCCCCCCCCC. The first-order chi connectivity index (χ1) is 35.1. The van der Waals surface area contributed by atoms with Gasteiger partial charge >= 0.3 is 166 Å². The van der Waals surface area contributed by atoms with Gasteiger partial charge in [-0.15, -0.1) is 0 Å². The monoisotopic (exact) mass is 1020 g/mol. The van der Waals surface area contributed by atoms with Gasteiger partial charge in [-0.3, -0.25) is 0 Å². The normalized spacial score (nSPS) is 12.7. The smallest absolute Gasteiger partial charge is 0.0654 e. The summed E-state index contributed by atoms with van der Waals surface area (Å²) in [5.41, 5.74) is 21.4. The molecule has 1 aliphatic rings. The summed E-state index contributed by atoms with van der Waals surface area (Å²) in [5, 5.41) is 2.87. The van der Waals surface area contributed by atoms with Crippen molar-refractivity contribution in [1.29, 1.82) is 0 Å². The second-order valence-electron chi connectivity index (χ2n) is 21.8. The Morgan fingerprint density at radius 1 is 0.324 bits per heavy atom. The zero-order valence-corrected chi connectivity index (χ0v) is 49.3. The number of allylic oxidation sites excluding steroid dienone is 2. The molecule has 0 N–H and O–H groups in total. The first-order valence-electron chi connectivity index (χ1n) is 31.6. The maximum absolute atomic E-state index is 11.8. The molecule has 0 saturated heterocycles. The van der Waals surface area contributed by atoms with Gasteiger partial charge in [0.2, 0.25) is 11.4 Å². The van der Waals surface area contributed by atoms with Gasteiger partial charge in [-0.2, -0.15) is 0 Å². The van der Waals surface area contributed by atoms with Crippen molar-refractivity contribution in [2.24, 2.45) is 0 Å². The molecule has 0 atom stereocenters. The molecule has 1 aliphatic heterocycles. The molecule has 71 heavy (non-hydrogen) atoms. The number of rotatable bonds is 48. The number of hydrogen-bond acceptors (Lipinski definition) is 0. The van der Waals surface area contributed by atoms with Gasteiger partial charge < -0.3 is 5.53 Å². The molecule has 410 valence electrons. The van der Waals surface area contributed by atoms with Crippen molar-refractivity contribution in [3.63, 3.8) is 0 Å². The summed E-state index contributed by atoms with van der Waals surface area (Å²) in [6, 6.07) is 17.8. The molecule has 2 aromatic carbocycles. The molecule has 3 rings (SSSR count). The summed E-state index contributed by atoms with van der Waals surface area (Å²) >= 11 is 2.04. The second kappa shape index (κ2) is 47.7. The maximum atomic E-state index is 11.8. The van der Waals surface area contributed by atoms with Crippen molar-refractivity contribution in [1.82, 2.24) is 0 Å². The van der Waals surface area contributed by atoms with Gasteiger partial charge in [0.1, 0.15) is 0 Å². The Morgan fingerprint density at radius 3 is 0.944 bits per heavy atom. The Kier molecular flexibility index (Phi) is 43.8.